The minimum atomic E-state index is -3.59. The first kappa shape index (κ1) is 19.1. The van der Waals surface area contributed by atoms with Crippen molar-refractivity contribution < 1.29 is 13.2 Å². The first-order valence-electron chi connectivity index (χ1n) is 8.78. The third-order valence-corrected chi connectivity index (χ3v) is 5.83. The van der Waals surface area contributed by atoms with Gasteiger partial charge >= 0.3 is 0 Å². The summed E-state index contributed by atoms with van der Waals surface area (Å²) in [6.07, 6.45) is 0.0734. The number of sulfonamides is 1. The van der Waals surface area contributed by atoms with Gasteiger partial charge in [-0.1, -0.05) is 54.6 Å². The van der Waals surface area contributed by atoms with Crippen molar-refractivity contribution >= 4 is 26.7 Å². The van der Waals surface area contributed by atoms with E-state index in [1.165, 1.54) is 12.1 Å². The second-order valence-corrected chi connectivity index (χ2v) is 8.12. The Hall–Kier alpha value is -2.70. The Kier molecular flexibility index (Phi) is 5.88. The highest BCUT2D eigenvalue weighted by molar-refractivity contribution is 7.89. The Morgan fingerprint density at radius 1 is 0.926 bits per heavy atom. The second-order valence-electron chi connectivity index (χ2n) is 6.36. The van der Waals surface area contributed by atoms with E-state index >= 15 is 0 Å². The van der Waals surface area contributed by atoms with Crippen molar-refractivity contribution in [3.63, 3.8) is 0 Å². The van der Waals surface area contributed by atoms with Crippen LogP contribution in [0.5, 0.6) is 0 Å². The minimum absolute atomic E-state index is 0.0491. The van der Waals surface area contributed by atoms with Gasteiger partial charge in [-0.2, -0.15) is 0 Å². The van der Waals surface area contributed by atoms with Crippen LogP contribution in [0.15, 0.2) is 77.7 Å². The van der Waals surface area contributed by atoms with Gasteiger partial charge in [0.05, 0.1) is 10.9 Å². The number of benzene rings is 3. The van der Waals surface area contributed by atoms with Gasteiger partial charge in [0.2, 0.25) is 15.9 Å². The summed E-state index contributed by atoms with van der Waals surface area (Å²) < 4.78 is 26.7. The molecule has 0 saturated carbocycles. The molecule has 1 unspecified atom stereocenters. The van der Waals surface area contributed by atoms with Crippen LogP contribution < -0.4 is 10.0 Å². The SMILES string of the molecule is CC(NC(=O)CCNS(=O)(=O)c1ccccc1)c1ccc2ccccc2c1. The van der Waals surface area contributed by atoms with Crippen LogP contribution in [0.4, 0.5) is 0 Å². The number of nitrogens with one attached hydrogen (secondary N) is 2. The summed E-state index contributed by atoms with van der Waals surface area (Å²) >= 11 is 0. The molecule has 5 nitrogen and oxygen atoms in total. The second kappa shape index (κ2) is 8.33. The van der Waals surface area contributed by atoms with Gasteiger partial charge in [-0.05, 0) is 41.5 Å². The summed E-state index contributed by atoms with van der Waals surface area (Å²) in [6.45, 7) is 1.96. The van der Waals surface area contributed by atoms with Crippen LogP contribution in [0.3, 0.4) is 0 Å². The van der Waals surface area contributed by atoms with Crippen LogP contribution in [0.2, 0.25) is 0 Å². The third kappa shape index (κ3) is 4.93. The Balaban J connectivity index is 1.54. The zero-order valence-corrected chi connectivity index (χ0v) is 15.9. The predicted octanol–water partition coefficient (Wildman–Crippen LogP) is 3.39. The smallest absolute Gasteiger partial charge is 0.240 e. The third-order valence-electron chi connectivity index (χ3n) is 4.35. The minimum Gasteiger partial charge on any atom is -0.350 e. The first-order valence-corrected chi connectivity index (χ1v) is 10.3. The van der Waals surface area contributed by atoms with E-state index in [-0.39, 0.29) is 29.8 Å². The lowest BCUT2D eigenvalue weighted by molar-refractivity contribution is -0.121. The Bertz CT molecular complexity index is 1030. The van der Waals surface area contributed by atoms with Gasteiger partial charge in [0.15, 0.2) is 0 Å². The molecule has 27 heavy (non-hydrogen) atoms. The van der Waals surface area contributed by atoms with Crippen molar-refractivity contribution in [3.8, 4) is 0 Å². The summed E-state index contributed by atoms with van der Waals surface area (Å²) in [5, 5.41) is 5.18. The van der Waals surface area contributed by atoms with Crippen LogP contribution in [0, 0.1) is 0 Å². The van der Waals surface area contributed by atoms with E-state index in [4.69, 9.17) is 0 Å². The van der Waals surface area contributed by atoms with E-state index in [0.717, 1.165) is 16.3 Å². The van der Waals surface area contributed by atoms with Gasteiger partial charge in [-0.3, -0.25) is 4.79 Å². The highest BCUT2D eigenvalue weighted by atomic mass is 32.2. The lowest BCUT2D eigenvalue weighted by atomic mass is 10.0. The van der Waals surface area contributed by atoms with E-state index in [1.54, 1.807) is 18.2 Å². The van der Waals surface area contributed by atoms with Crippen molar-refractivity contribution in [3.05, 3.63) is 78.4 Å². The lowest BCUT2D eigenvalue weighted by Gasteiger charge is -2.15. The quantitative estimate of drug-likeness (QED) is 0.658. The zero-order valence-electron chi connectivity index (χ0n) is 15.1. The number of carbonyl (C=O) groups excluding carboxylic acids is 1. The van der Waals surface area contributed by atoms with Gasteiger partial charge in [0, 0.05) is 13.0 Å². The summed E-state index contributed by atoms with van der Waals surface area (Å²) in [5.41, 5.74) is 1.01. The topological polar surface area (TPSA) is 75.3 Å². The van der Waals surface area contributed by atoms with Gasteiger partial charge in [0.25, 0.3) is 0 Å². The van der Waals surface area contributed by atoms with Crippen molar-refractivity contribution in [2.45, 2.75) is 24.3 Å². The van der Waals surface area contributed by atoms with Crippen molar-refractivity contribution in [1.29, 1.82) is 0 Å². The number of amides is 1. The van der Waals surface area contributed by atoms with Crippen LogP contribution >= 0.6 is 0 Å². The molecule has 0 aliphatic heterocycles. The summed E-state index contributed by atoms with van der Waals surface area (Å²) in [6, 6.07) is 22.1. The van der Waals surface area contributed by atoms with Gasteiger partial charge in [-0.25, -0.2) is 13.1 Å². The van der Waals surface area contributed by atoms with Crippen LogP contribution in [-0.4, -0.2) is 20.9 Å². The average molecular weight is 382 g/mol. The Labute approximate surface area is 159 Å². The zero-order chi connectivity index (χ0) is 19.3. The fourth-order valence-electron chi connectivity index (χ4n) is 2.86. The molecule has 0 heterocycles. The summed E-state index contributed by atoms with van der Waals surface area (Å²) in [5.74, 6) is -0.202. The van der Waals surface area contributed by atoms with E-state index in [0.29, 0.717) is 0 Å². The van der Waals surface area contributed by atoms with Crippen LogP contribution in [-0.2, 0) is 14.8 Å². The maximum absolute atomic E-state index is 12.2. The molecule has 3 rings (SSSR count). The molecular formula is C21H22N2O3S. The van der Waals surface area contributed by atoms with E-state index in [1.807, 2.05) is 43.3 Å². The monoisotopic (exact) mass is 382 g/mol. The molecule has 3 aromatic rings. The lowest BCUT2D eigenvalue weighted by Crippen LogP contribution is -2.32. The molecule has 140 valence electrons. The van der Waals surface area contributed by atoms with Crippen molar-refractivity contribution in [2.75, 3.05) is 6.54 Å². The largest absolute Gasteiger partial charge is 0.350 e. The molecular weight excluding hydrogens is 360 g/mol. The first-order chi connectivity index (χ1) is 13.0. The van der Waals surface area contributed by atoms with E-state index in [9.17, 15) is 13.2 Å². The number of rotatable bonds is 7. The number of hydrogen-bond acceptors (Lipinski definition) is 3. The molecule has 0 aromatic heterocycles. The average Bonchev–Trinajstić information content (AvgIpc) is 2.68. The van der Waals surface area contributed by atoms with Crippen LogP contribution in [0.1, 0.15) is 24.9 Å². The Morgan fingerprint density at radius 3 is 2.33 bits per heavy atom. The molecule has 0 saturated heterocycles. The van der Waals surface area contributed by atoms with E-state index in [2.05, 4.69) is 16.1 Å². The normalized spacial score (nSPS) is 12.6. The summed E-state index contributed by atoms with van der Waals surface area (Å²) in [7, 11) is -3.59. The van der Waals surface area contributed by atoms with Crippen molar-refractivity contribution in [1.82, 2.24) is 10.0 Å². The molecule has 3 aromatic carbocycles. The van der Waals surface area contributed by atoms with Gasteiger partial charge in [0.1, 0.15) is 0 Å². The fourth-order valence-corrected chi connectivity index (χ4v) is 3.91. The number of hydrogen-bond donors (Lipinski definition) is 2. The standard InChI is InChI=1S/C21H22N2O3S/c1-16(18-12-11-17-7-5-6-8-19(17)15-18)23-21(24)13-14-22-27(25,26)20-9-3-2-4-10-20/h2-12,15-16,22H,13-14H2,1H3,(H,23,24). The molecule has 0 bridgehead atoms. The highest BCUT2D eigenvalue weighted by Crippen LogP contribution is 2.20. The van der Waals surface area contributed by atoms with E-state index < -0.39 is 10.0 Å². The summed E-state index contributed by atoms with van der Waals surface area (Å²) in [4.78, 5) is 12.4. The molecule has 0 fully saturated rings. The molecule has 6 heteroatoms. The molecule has 0 spiro atoms. The molecule has 0 aliphatic carbocycles. The Morgan fingerprint density at radius 2 is 1.59 bits per heavy atom. The molecule has 1 amide bonds. The molecule has 0 radical (unpaired) electrons. The van der Waals surface area contributed by atoms with Crippen LogP contribution in [0.25, 0.3) is 10.8 Å². The maximum Gasteiger partial charge on any atom is 0.240 e. The predicted molar refractivity (Wildman–Crippen MR) is 107 cm³/mol. The van der Waals surface area contributed by atoms with Crippen molar-refractivity contribution in [2.24, 2.45) is 0 Å². The maximum atomic E-state index is 12.2. The molecule has 2 N–H and O–H groups in total. The highest BCUT2D eigenvalue weighted by Gasteiger charge is 2.14. The molecule has 0 aliphatic rings. The number of fused-ring (bicyclic) bond motifs is 1. The van der Waals surface area contributed by atoms with Gasteiger partial charge in [-0.15, -0.1) is 0 Å². The van der Waals surface area contributed by atoms with Gasteiger partial charge < -0.3 is 5.32 Å². The number of carbonyl (C=O) groups is 1. The fraction of sp³-hybridized carbons (Fsp3) is 0.190. The molecule has 1 atom stereocenters.